The number of fused-ring (bicyclic) bond motifs is 1. The molecule has 0 amide bonds. The van der Waals surface area contributed by atoms with E-state index >= 15 is 0 Å². The number of esters is 1. The molecule has 0 fully saturated rings. The van der Waals surface area contributed by atoms with Gasteiger partial charge in [0.15, 0.2) is 5.69 Å². The minimum Gasteiger partial charge on any atom is -0.402 e. The lowest BCUT2D eigenvalue weighted by Gasteiger charge is -2.15. The second-order valence-electron chi connectivity index (χ2n) is 9.13. The average molecular weight is 547 g/mol. The number of carbonyl (C=O) groups is 2. The van der Waals surface area contributed by atoms with E-state index in [0.29, 0.717) is 27.5 Å². The minimum absolute atomic E-state index is 0.0514. The van der Waals surface area contributed by atoms with E-state index in [9.17, 15) is 19.2 Å². The van der Waals surface area contributed by atoms with Gasteiger partial charge in [-0.05, 0) is 49.7 Å². The second kappa shape index (κ2) is 9.52. The Morgan fingerprint density at radius 2 is 1.77 bits per heavy atom. The lowest BCUT2D eigenvalue weighted by molar-refractivity contribution is 0.0712. The highest BCUT2D eigenvalue weighted by molar-refractivity contribution is 6.30. The number of ketones is 1. The summed E-state index contributed by atoms with van der Waals surface area (Å²) in [6.07, 6.45) is 2.95. The van der Waals surface area contributed by atoms with E-state index in [2.05, 4.69) is 10.1 Å². The summed E-state index contributed by atoms with van der Waals surface area (Å²) in [6, 6.07) is 9.48. The van der Waals surface area contributed by atoms with Gasteiger partial charge in [0.1, 0.15) is 5.56 Å². The highest BCUT2D eigenvalue weighted by Crippen LogP contribution is 2.28. The van der Waals surface area contributed by atoms with Crippen LogP contribution in [0.15, 0.2) is 58.5 Å². The Hall–Kier alpha value is -4.77. The van der Waals surface area contributed by atoms with Gasteiger partial charge in [0.2, 0.25) is 11.7 Å². The average Bonchev–Trinajstić information content (AvgIpc) is 3.44. The van der Waals surface area contributed by atoms with Gasteiger partial charge in [-0.3, -0.25) is 14.2 Å². The second-order valence-corrected chi connectivity index (χ2v) is 9.56. The zero-order valence-corrected chi connectivity index (χ0v) is 22.5. The molecule has 0 aliphatic rings. The molecule has 11 nitrogen and oxygen atoms in total. The van der Waals surface area contributed by atoms with Crippen LogP contribution in [0, 0.1) is 13.8 Å². The summed E-state index contributed by atoms with van der Waals surface area (Å²) in [5.74, 6) is -1.29. The fourth-order valence-electron chi connectivity index (χ4n) is 4.60. The summed E-state index contributed by atoms with van der Waals surface area (Å²) in [4.78, 5) is 57.4. The van der Waals surface area contributed by atoms with Gasteiger partial charge >= 0.3 is 11.7 Å². The molecule has 5 aromatic rings. The number of carbonyl (C=O) groups excluding carboxylic acids is 2. The van der Waals surface area contributed by atoms with Gasteiger partial charge in [0, 0.05) is 37.9 Å². The Bertz CT molecular complexity index is 1940. The highest BCUT2D eigenvalue weighted by Gasteiger charge is 2.28. The fraction of sp³-hybridized carbons (Fsp3) is 0.185. The highest BCUT2D eigenvalue weighted by atomic mass is 35.5. The van der Waals surface area contributed by atoms with Crippen LogP contribution in [0.4, 0.5) is 0 Å². The molecule has 0 aliphatic heterocycles. The molecule has 12 heteroatoms. The molecule has 0 aliphatic carbocycles. The van der Waals surface area contributed by atoms with Crippen molar-refractivity contribution in [3.8, 4) is 11.6 Å². The maximum atomic E-state index is 13.9. The largest absolute Gasteiger partial charge is 0.402 e. The molecule has 0 unspecified atom stereocenters. The smallest absolute Gasteiger partial charge is 0.365 e. The Balaban J connectivity index is 1.67. The number of imidazole rings is 1. The summed E-state index contributed by atoms with van der Waals surface area (Å²) in [5.41, 5.74) is 0.555. The van der Waals surface area contributed by atoms with E-state index in [1.54, 1.807) is 69.9 Å². The van der Waals surface area contributed by atoms with E-state index in [-0.39, 0.29) is 28.1 Å². The molecular weight excluding hydrogens is 524 g/mol. The van der Waals surface area contributed by atoms with Crippen LogP contribution in [-0.2, 0) is 21.1 Å². The van der Waals surface area contributed by atoms with Crippen LogP contribution in [0.2, 0.25) is 5.02 Å². The maximum Gasteiger partial charge on any atom is 0.365 e. The third-order valence-corrected chi connectivity index (χ3v) is 6.75. The van der Waals surface area contributed by atoms with E-state index in [1.165, 1.54) is 27.8 Å². The van der Waals surface area contributed by atoms with Gasteiger partial charge in [-0.2, -0.15) is 5.10 Å². The summed E-state index contributed by atoms with van der Waals surface area (Å²) >= 11 is 6.11. The number of ether oxygens (including phenoxy) is 1. The first kappa shape index (κ1) is 25.9. The van der Waals surface area contributed by atoms with Gasteiger partial charge in [0.25, 0.3) is 5.56 Å². The number of rotatable bonds is 5. The number of hydrogen-bond acceptors (Lipinski definition) is 7. The minimum atomic E-state index is -0.748. The number of halogens is 1. The van der Waals surface area contributed by atoms with Crippen molar-refractivity contribution < 1.29 is 14.3 Å². The molecule has 2 aromatic carbocycles. The zero-order chi connectivity index (χ0) is 28.2. The van der Waals surface area contributed by atoms with Crippen LogP contribution < -0.4 is 16.0 Å². The Labute approximate surface area is 226 Å². The molecule has 3 aromatic heterocycles. The summed E-state index contributed by atoms with van der Waals surface area (Å²) in [7, 11) is 4.82. The van der Waals surface area contributed by atoms with Gasteiger partial charge in [-0.1, -0.05) is 17.7 Å². The molecule has 198 valence electrons. The van der Waals surface area contributed by atoms with Crippen molar-refractivity contribution in [1.29, 1.82) is 0 Å². The quantitative estimate of drug-likeness (QED) is 0.245. The van der Waals surface area contributed by atoms with Gasteiger partial charge in [0.05, 0.1) is 28.6 Å². The molecule has 0 saturated heterocycles. The predicted octanol–water partition coefficient (Wildman–Crippen LogP) is 2.88. The van der Waals surface area contributed by atoms with Gasteiger partial charge in [-0.15, -0.1) is 0 Å². The maximum absolute atomic E-state index is 13.9. The number of hydrogen-bond donors (Lipinski definition) is 0. The standard InChI is InChI=1S/C27H23ClN6O5/c1-14-18(23(35)22-15(2)30-33(5)25(22)39-26(37)19-12-31(3)13-29-19)9-10-20-21(14)24(36)34(27(38)32(20)4)17-8-6-7-16(28)11-17/h6-13H,1-5H3. The van der Waals surface area contributed by atoms with Crippen LogP contribution in [0.25, 0.3) is 16.6 Å². The number of nitrogens with zero attached hydrogens (tertiary/aromatic N) is 6. The third kappa shape index (κ3) is 4.26. The van der Waals surface area contributed by atoms with Crippen molar-refractivity contribution in [3.63, 3.8) is 0 Å². The Morgan fingerprint density at radius 3 is 2.44 bits per heavy atom. The molecule has 0 radical (unpaired) electrons. The molecule has 0 atom stereocenters. The van der Waals surface area contributed by atoms with Crippen LogP contribution in [0.3, 0.4) is 0 Å². The normalized spacial score (nSPS) is 11.2. The first-order chi connectivity index (χ1) is 18.5. The van der Waals surface area contributed by atoms with Crippen molar-refractivity contribution in [1.82, 2.24) is 28.5 Å². The lowest BCUT2D eigenvalue weighted by atomic mass is 9.96. The number of benzene rings is 2. The summed E-state index contributed by atoms with van der Waals surface area (Å²) in [6.45, 7) is 3.26. The number of aryl methyl sites for hydroxylation is 5. The summed E-state index contributed by atoms with van der Waals surface area (Å²) < 4.78 is 10.8. The molecule has 0 spiro atoms. The predicted molar refractivity (Wildman–Crippen MR) is 144 cm³/mol. The number of aromatic nitrogens is 6. The van der Waals surface area contributed by atoms with Crippen LogP contribution in [0.5, 0.6) is 5.88 Å². The first-order valence-electron chi connectivity index (χ1n) is 11.8. The van der Waals surface area contributed by atoms with Crippen molar-refractivity contribution in [2.24, 2.45) is 21.1 Å². The third-order valence-electron chi connectivity index (χ3n) is 6.51. The monoisotopic (exact) mass is 546 g/mol. The van der Waals surface area contributed by atoms with Gasteiger partial charge < -0.3 is 9.30 Å². The van der Waals surface area contributed by atoms with Crippen LogP contribution in [-0.4, -0.2) is 40.2 Å². The van der Waals surface area contributed by atoms with Crippen molar-refractivity contribution >= 4 is 34.3 Å². The lowest BCUT2D eigenvalue weighted by Crippen LogP contribution is -2.38. The van der Waals surface area contributed by atoms with Crippen molar-refractivity contribution in [2.45, 2.75) is 13.8 Å². The van der Waals surface area contributed by atoms with E-state index < -0.39 is 23.0 Å². The van der Waals surface area contributed by atoms with E-state index in [4.69, 9.17) is 16.3 Å². The molecular formula is C27H23ClN6O5. The molecule has 0 saturated carbocycles. The molecule has 39 heavy (non-hydrogen) atoms. The molecule has 0 bridgehead atoms. The topological polar surface area (TPSA) is 123 Å². The summed E-state index contributed by atoms with van der Waals surface area (Å²) in [5, 5.41) is 4.83. The fourth-order valence-corrected chi connectivity index (χ4v) is 4.78. The van der Waals surface area contributed by atoms with Crippen LogP contribution >= 0.6 is 11.6 Å². The van der Waals surface area contributed by atoms with E-state index in [0.717, 1.165) is 4.57 Å². The molecule has 5 rings (SSSR count). The van der Waals surface area contributed by atoms with Crippen molar-refractivity contribution in [3.05, 3.63) is 103 Å². The molecule has 0 N–H and O–H groups in total. The van der Waals surface area contributed by atoms with Crippen molar-refractivity contribution in [2.75, 3.05) is 0 Å². The van der Waals surface area contributed by atoms with Crippen LogP contribution in [0.1, 0.15) is 37.7 Å². The Morgan fingerprint density at radius 1 is 1.03 bits per heavy atom. The molecule has 3 heterocycles. The Kier molecular flexibility index (Phi) is 6.31. The van der Waals surface area contributed by atoms with Gasteiger partial charge in [-0.25, -0.2) is 23.8 Å². The zero-order valence-electron chi connectivity index (χ0n) is 21.7. The SMILES string of the molecule is Cc1nn(C)c(OC(=O)c2cn(C)cn2)c1C(=O)c1ccc2c(c1C)c(=O)n(-c1cccc(Cl)c1)c(=O)n2C. The first-order valence-corrected chi connectivity index (χ1v) is 12.2. The van der Waals surface area contributed by atoms with E-state index in [1.807, 2.05) is 0 Å².